The third kappa shape index (κ3) is 3.00. The van der Waals surface area contributed by atoms with E-state index in [1.165, 1.54) is 26.2 Å². The molecule has 110 valence electrons. The van der Waals surface area contributed by atoms with E-state index >= 15 is 0 Å². The lowest BCUT2D eigenvalue weighted by Gasteiger charge is -2.08. The molecule has 0 aliphatic heterocycles. The molecule has 1 fully saturated rings. The van der Waals surface area contributed by atoms with Crippen molar-refractivity contribution in [1.82, 2.24) is 9.55 Å². The minimum absolute atomic E-state index is 0.203. The van der Waals surface area contributed by atoms with Gasteiger partial charge in [0.15, 0.2) is 0 Å². The first kappa shape index (κ1) is 13.9. The number of aliphatic carboxylic acids is 1. The van der Waals surface area contributed by atoms with Gasteiger partial charge in [0, 0.05) is 17.5 Å². The Labute approximate surface area is 126 Å². The fraction of sp³-hybridized carbons (Fsp3) is 0.333. The van der Waals surface area contributed by atoms with Gasteiger partial charge in [-0.25, -0.2) is 9.78 Å². The summed E-state index contributed by atoms with van der Waals surface area (Å²) in [7, 11) is 1.45. The van der Waals surface area contributed by atoms with Gasteiger partial charge in [0.2, 0.25) is 0 Å². The molecule has 2 heterocycles. The van der Waals surface area contributed by atoms with Crippen LogP contribution in [0.15, 0.2) is 35.5 Å². The lowest BCUT2D eigenvalue weighted by atomic mass is 10.3. The number of methoxy groups -OCH3 is 1. The maximum absolute atomic E-state index is 11.2. The first-order valence-corrected chi connectivity index (χ1v) is 7.63. The van der Waals surface area contributed by atoms with Crippen LogP contribution < -0.4 is 0 Å². The fourth-order valence-electron chi connectivity index (χ4n) is 2.20. The van der Waals surface area contributed by atoms with Gasteiger partial charge in [0.1, 0.15) is 5.01 Å². The zero-order chi connectivity index (χ0) is 14.8. The Kier molecular flexibility index (Phi) is 3.79. The van der Waals surface area contributed by atoms with Crippen molar-refractivity contribution >= 4 is 17.3 Å². The molecule has 0 radical (unpaired) electrons. The van der Waals surface area contributed by atoms with Crippen LogP contribution in [0.2, 0.25) is 0 Å². The third-order valence-corrected chi connectivity index (χ3v) is 4.32. The van der Waals surface area contributed by atoms with Crippen LogP contribution in [0.25, 0.3) is 10.7 Å². The van der Waals surface area contributed by atoms with Crippen molar-refractivity contribution in [2.75, 3.05) is 7.11 Å². The number of rotatable bonds is 6. The zero-order valence-corrected chi connectivity index (χ0v) is 12.5. The summed E-state index contributed by atoms with van der Waals surface area (Å²) in [5.74, 6) is -0.351. The number of carboxylic acids is 1. The number of hydrogen-bond donors (Lipinski definition) is 1. The predicted octanol–water partition coefficient (Wildman–Crippen LogP) is 3.10. The summed E-state index contributed by atoms with van der Waals surface area (Å²) in [6.07, 6.45) is 5.58. The fourth-order valence-corrected chi connectivity index (χ4v) is 3.14. The molecule has 1 N–H and O–H groups in total. The average Bonchev–Trinajstić information content (AvgIpc) is 3.01. The van der Waals surface area contributed by atoms with Crippen LogP contribution in [0, 0.1) is 0 Å². The summed E-state index contributed by atoms with van der Waals surface area (Å²) in [6.45, 7) is 0.254. The van der Waals surface area contributed by atoms with Gasteiger partial charge in [-0.1, -0.05) is 0 Å². The second-order valence-corrected chi connectivity index (χ2v) is 5.92. The Morgan fingerprint density at radius 1 is 1.62 bits per heavy atom. The number of carbonyl (C=O) groups is 1. The highest BCUT2D eigenvalue weighted by Crippen LogP contribution is 2.41. The summed E-state index contributed by atoms with van der Waals surface area (Å²) in [6, 6.07) is 3.86. The standard InChI is InChI=1S/C15H16N2O3S/c1-20-8-11(15(18)19)7-17-6-2-3-13(17)14-16-12(9-21-14)10-4-5-10/h2-3,6,8-10H,4-5,7H2,1H3,(H,18,19)/b11-8-. The Bertz CT molecular complexity index is 683. The van der Waals surface area contributed by atoms with E-state index in [1.807, 2.05) is 22.9 Å². The lowest BCUT2D eigenvalue weighted by Crippen LogP contribution is -2.10. The van der Waals surface area contributed by atoms with E-state index < -0.39 is 5.97 Å². The predicted molar refractivity (Wildman–Crippen MR) is 80.2 cm³/mol. The molecular weight excluding hydrogens is 288 g/mol. The number of carboxylic acid groups (broad SMARTS) is 1. The number of ether oxygens (including phenoxy) is 1. The van der Waals surface area contributed by atoms with Crippen molar-refractivity contribution in [2.45, 2.75) is 25.3 Å². The summed E-state index contributed by atoms with van der Waals surface area (Å²) in [4.78, 5) is 15.9. The van der Waals surface area contributed by atoms with Crippen LogP contribution in [-0.2, 0) is 16.1 Å². The van der Waals surface area contributed by atoms with Gasteiger partial charge in [0.25, 0.3) is 0 Å². The quantitative estimate of drug-likeness (QED) is 0.658. The summed E-state index contributed by atoms with van der Waals surface area (Å²) in [5.41, 5.74) is 2.30. The average molecular weight is 304 g/mol. The summed E-state index contributed by atoms with van der Waals surface area (Å²) in [5, 5.41) is 12.2. The second kappa shape index (κ2) is 5.73. The molecule has 2 aromatic heterocycles. The molecule has 0 spiro atoms. The van der Waals surface area contributed by atoms with Crippen LogP contribution in [0.5, 0.6) is 0 Å². The maximum atomic E-state index is 11.2. The van der Waals surface area contributed by atoms with E-state index in [2.05, 4.69) is 10.4 Å². The van der Waals surface area contributed by atoms with Crippen LogP contribution in [0.4, 0.5) is 0 Å². The van der Waals surface area contributed by atoms with Crippen molar-refractivity contribution in [2.24, 2.45) is 0 Å². The molecule has 6 heteroatoms. The van der Waals surface area contributed by atoms with E-state index in [0.717, 1.165) is 16.4 Å². The van der Waals surface area contributed by atoms with E-state index in [-0.39, 0.29) is 12.1 Å². The Morgan fingerprint density at radius 2 is 2.43 bits per heavy atom. The van der Waals surface area contributed by atoms with Gasteiger partial charge in [-0.3, -0.25) is 0 Å². The molecule has 0 amide bonds. The van der Waals surface area contributed by atoms with Gasteiger partial charge in [-0.15, -0.1) is 11.3 Å². The van der Waals surface area contributed by atoms with Gasteiger partial charge >= 0.3 is 5.97 Å². The molecule has 21 heavy (non-hydrogen) atoms. The maximum Gasteiger partial charge on any atom is 0.336 e. The first-order chi connectivity index (χ1) is 10.2. The van der Waals surface area contributed by atoms with Crippen LogP contribution in [-0.4, -0.2) is 27.7 Å². The molecular formula is C15H16N2O3S. The normalized spacial score (nSPS) is 15.2. The molecule has 0 saturated heterocycles. The van der Waals surface area contributed by atoms with Crippen LogP contribution in [0.3, 0.4) is 0 Å². The van der Waals surface area contributed by atoms with Crippen molar-refractivity contribution < 1.29 is 14.6 Å². The van der Waals surface area contributed by atoms with Crippen LogP contribution in [0.1, 0.15) is 24.5 Å². The topological polar surface area (TPSA) is 64.4 Å². The largest absolute Gasteiger partial charge is 0.504 e. The molecule has 0 atom stereocenters. The van der Waals surface area contributed by atoms with Gasteiger partial charge in [-0.2, -0.15) is 0 Å². The molecule has 0 bridgehead atoms. The highest BCUT2D eigenvalue weighted by molar-refractivity contribution is 7.13. The highest BCUT2D eigenvalue weighted by Gasteiger charge is 2.26. The van der Waals surface area contributed by atoms with Crippen molar-refractivity contribution in [1.29, 1.82) is 0 Å². The number of hydrogen-bond acceptors (Lipinski definition) is 4. The van der Waals surface area contributed by atoms with Crippen molar-refractivity contribution in [3.05, 3.63) is 41.2 Å². The monoisotopic (exact) mass is 304 g/mol. The molecule has 1 saturated carbocycles. The molecule has 2 aromatic rings. The van der Waals surface area contributed by atoms with E-state index in [9.17, 15) is 9.90 Å². The van der Waals surface area contributed by atoms with E-state index in [1.54, 1.807) is 11.3 Å². The molecule has 0 aromatic carbocycles. The van der Waals surface area contributed by atoms with E-state index in [0.29, 0.717) is 5.92 Å². The van der Waals surface area contributed by atoms with Gasteiger partial charge < -0.3 is 14.4 Å². The number of thiazole rings is 1. The van der Waals surface area contributed by atoms with Gasteiger partial charge in [0.05, 0.1) is 36.9 Å². The molecule has 5 nitrogen and oxygen atoms in total. The molecule has 1 aliphatic carbocycles. The van der Waals surface area contributed by atoms with Crippen molar-refractivity contribution in [3.8, 4) is 10.7 Å². The third-order valence-electron chi connectivity index (χ3n) is 3.44. The Balaban J connectivity index is 1.85. The number of nitrogens with zero attached hydrogens (tertiary/aromatic N) is 2. The molecule has 3 rings (SSSR count). The number of aromatic nitrogens is 2. The smallest absolute Gasteiger partial charge is 0.336 e. The Morgan fingerprint density at radius 3 is 3.10 bits per heavy atom. The van der Waals surface area contributed by atoms with Gasteiger partial charge in [-0.05, 0) is 25.0 Å². The lowest BCUT2D eigenvalue weighted by molar-refractivity contribution is -0.133. The summed E-state index contributed by atoms with van der Waals surface area (Å²) >= 11 is 1.61. The van der Waals surface area contributed by atoms with E-state index in [4.69, 9.17) is 4.74 Å². The minimum atomic E-state index is -0.977. The minimum Gasteiger partial charge on any atom is -0.504 e. The second-order valence-electron chi connectivity index (χ2n) is 5.06. The van der Waals surface area contributed by atoms with Crippen LogP contribution >= 0.6 is 11.3 Å². The molecule has 0 unspecified atom stereocenters. The molecule has 1 aliphatic rings. The summed E-state index contributed by atoms with van der Waals surface area (Å²) < 4.78 is 6.72. The van der Waals surface area contributed by atoms with Crippen molar-refractivity contribution in [3.63, 3.8) is 0 Å². The first-order valence-electron chi connectivity index (χ1n) is 6.75. The Hall–Kier alpha value is -2.08. The highest BCUT2D eigenvalue weighted by atomic mass is 32.1. The SMILES string of the molecule is CO/C=C(/Cn1cccc1-c1nc(C2CC2)cs1)C(=O)O. The zero-order valence-electron chi connectivity index (χ0n) is 11.7.